The molecule has 2 nitrogen and oxygen atoms in total. The van der Waals surface area contributed by atoms with Crippen molar-refractivity contribution in [3.63, 3.8) is 0 Å². The van der Waals surface area contributed by atoms with Gasteiger partial charge in [0.25, 0.3) is 0 Å². The Morgan fingerprint density at radius 2 is 1.26 bits per heavy atom. The molecule has 4 aromatic rings. The predicted octanol–water partition coefficient (Wildman–Crippen LogP) is 6.50. The second kappa shape index (κ2) is 6.88. The molecule has 2 heteroatoms. The molecule has 1 aromatic heterocycles. The highest BCUT2D eigenvalue weighted by atomic mass is 15.0. The molecule has 0 N–H and O–H groups in total. The van der Waals surface area contributed by atoms with E-state index in [9.17, 15) is 0 Å². The van der Waals surface area contributed by atoms with E-state index in [0.717, 1.165) is 11.4 Å². The van der Waals surface area contributed by atoms with Gasteiger partial charge in [0.1, 0.15) is 0 Å². The van der Waals surface area contributed by atoms with Crippen LogP contribution < -0.4 is 0 Å². The lowest BCUT2D eigenvalue weighted by molar-refractivity contribution is 0.590. The van der Waals surface area contributed by atoms with Crippen LogP contribution in [0.4, 0.5) is 0 Å². The van der Waals surface area contributed by atoms with Gasteiger partial charge >= 0.3 is 0 Å². The highest BCUT2D eigenvalue weighted by molar-refractivity contribution is 5.66. The van der Waals surface area contributed by atoms with Crippen molar-refractivity contribution in [1.29, 1.82) is 0 Å². The van der Waals surface area contributed by atoms with Crippen molar-refractivity contribution in [3.05, 3.63) is 97.0 Å². The summed E-state index contributed by atoms with van der Waals surface area (Å²) in [5.41, 5.74) is 7.33. The monoisotopic (exact) mass is 352 g/mol. The van der Waals surface area contributed by atoms with E-state index in [1.165, 1.54) is 22.3 Å². The Balaban J connectivity index is 1.66. The van der Waals surface area contributed by atoms with Gasteiger partial charge < -0.3 is 0 Å². The van der Waals surface area contributed by atoms with Crippen molar-refractivity contribution >= 4 is 0 Å². The maximum absolute atomic E-state index is 4.39. The first kappa shape index (κ1) is 17.3. The fraction of sp³-hybridized carbons (Fsp3) is 0.160. The van der Waals surface area contributed by atoms with E-state index < -0.39 is 0 Å². The van der Waals surface area contributed by atoms with Crippen LogP contribution in [0.3, 0.4) is 0 Å². The van der Waals surface area contributed by atoms with Crippen molar-refractivity contribution in [2.24, 2.45) is 0 Å². The van der Waals surface area contributed by atoms with Gasteiger partial charge in [-0.2, -0.15) is 0 Å². The first-order valence-corrected chi connectivity index (χ1v) is 9.31. The van der Waals surface area contributed by atoms with Crippen LogP contribution in [0.25, 0.3) is 28.1 Å². The first-order chi connectivity index (χ1) is 13.0. The third-order valence-corrected chi connectivity index (χ3v) is 4.94. The maximum atomic E-state index is 4.39. The summed E-state index contributed by atoms with van der Waals surface area (Å²) >= 11 is 0. The molecular weight excluding hydrogens is 328 g/mol. The zero-order valence-corrected chi connectivity index (χ0v) is 16.1. The summed E-state index contributed by atoms with van der Waals surface area (Å²) in [5.74, 6) is 0. The van der Waals surface area contributed by atoms with E-state index in [1.54, 1.807) is 0 Å². The molecule has 134 valence electrons. The standard InChI is InChI=1S/C25H24N2/c1-25(2,3)22-13-9-21(10-14-22)24-17-26-18-27(24)23-15-11-20(12-16-23)19-7-5-4-6-8-19/h4-18H,1-3H3. The number of nitrogens with zero attached hydrogens (tertiary/aromatic N) is 2. The largest absolute Gasteiger partial charge is 0.299 e. The van der Waals surface area contributed by atoms with Crippen molar-refractivity contribution in [3.8, 4) is 28.1 Å². The molecule has 0 saturated heterocycles. The molecule has 0 aliphatic rings. The smallest absolute Gasteiger partial charge is 0.0997 e. The van der Waals surface area contributed by atoms with Crippen LogP contribution in [-0.2, 0) is 5.41 Å². The highest BCUT2D eigenvalue weighted by Crippen LogP contribution is 2.28. The molecule has 0 unspecified atom stereocenters. The Morgan fingerprint density at radius 1 is 0.667 bits per heavy atom. The van der Waals surface area contributed by atoms with E-state index in [2.05, 4.69) is 103 Å². The van der Waals surface area contributed by atoms with E-state index in [1.807, 2.05) is 18.6 Å². The number of imidazole rings is 1. The molecule has 0 spiro atoms. The molecule has 0 radical (unpaired) electrons. The number of aromatic nitrogens is 2. The summed E-state index contributed by atoms with van der Waals surface area (Å²) in [6, 6.07) is 27.9. The van der Waals surface area contributed by atoms with Gasteiger partial charge in [0, 0.05) is 11.3 Å². The summed E-state index contributed by atoms with van der Waals surface area (Å²) in [4.78, 5) is 4.39. The van der Waals surface area contributed by atoms with Crippen molar-refractivity contribution < 1.29 is 0 Å². The Kier molecular flexibility index (Phi) is 4.41. The van der Waals surface area contributed by atoms with Gasteiger partial charge in [-0.3, -0.25) is 4.57 Å². The molecule has 3 aromatic carbocycles. The van der Waals surface area contributed by atoms with Crippen LogP contribution in [0, 0.1) is 0 Å². The molecule has 0 fully saturated rings. The second-order valence-electron chi connectivity index (χ2n) is 7.89. The summed E-state index contributed by atoms with van der Waals surface area (Å²) in [6.07, 6.45) is 3.81. The second-order valence-corrected chi connectivity index (χ2v) is 7.89. The Bertz CT molecular complexity index is 1020. The third-order valence-electron chi connectivity index (χ3n) is 4.94. The average Bonchev–Trinajstić information content (AvgIpc) is 3.18. The molecule has 0 atom stereocenters. The number of hydrogen-bond acceptors (Lipinski definition) is 1. The van der Waals surface area contributed by atoms with E-state index in [-0.39, 0.29) is 5.41 Å². The van der Waals surface area contributed by atoms with Gasteiger partial charge in [-0.15, -0.1) is 0 Å². The van der Waals surface area contributed by atoms with Crippen molar-refractivity contribution in [1.82, 2.24) is 9.55 Å². The lowest BCUT2D eigenvalue weighted by Crippen LogP contribution is -2.10. The summed E-state index contributed by atoms with van der Waals surface area (Å²) < 4.78 is 2.14. The van der Waals surface area contributed by atoms with Crippen LogP contribution in [0.2, 0.25) is 0 Å². The van der Waals surface area contributed by atoms with Crippen LogP contribution >= 0.6 is 0 Å². The zero-order valence-electron chi connectivity index (χ0n) is 16.1. The minimum atomic E-state index is 0.159. The lowest BCUT2D eigenvalue weighted by Gasteiger charge is -2.19. The minimum Gasteiger partial charge on any atom is -0.299 e. The molecule has 27 heavy (non-hydrogen) atoms. The van der Waals surface area contributed by atoms with Gasteiger partial charge in [-0.05, 0) is 34.2 Å². The number of rotatable bonds is 3. The molecule has 0 saturated carbocycles. The van der Waals surface area contributed by atoms with Crippen LogP contribution in [0.1, 0.15) is 26.3 Å². The predicted molar refractivity (Wildman–Crippen MR) is 113 cm³/mol. The van der Waals surface area contributed by atoms with Gasteiger partial charge in [-0.1, -0.05) is 87.5 Å². The van der Waals surface area contributed by atoms with Gasteiger partial charge in [0.05, 0.1) is 18.2 Å². The SMILES string of the molecule is CC(C)(C)c1ccc(-c2cncn2-c2ccc(-c3ccccc3)cc2)cc1. The molecule has 0 bridgehead atoms. The molecule has 0 aliphatic heterocycles. The van der Waals surface area contributed by atoms with Crippen molar-refractivity contribution in [2.75, 3.05) is 0 Å². The van der Waals surface area contributed by atoms with Crippen LogP contribution in [0.5, 0.6) is 0 Å². The van der Waals surface area contributed by atoms with Crippen molar-refractivity contribution in [2.45, 2.75) is 26.2 Å². The van der Waals surface area contributed by atoms with E-state index >= 15 is 0 Å². The summed E-state index contributed by atoms with van der Waals surface area (Å²) in [7, 11) is 0. The van der Waals surface area contributed by atoms with E-state index in [0.29, 0.717) is 0 Å². The van der Waals surface area contributed by atoms with Crippen LogP contribution in [0.15, 0.2) is 91.4 Å². The third kappa shape index (κ3) is 3.56. The fourth-order valence-electron chi connectivity index (χ4n) is 3.30. The van der Waals surface area contributed by atoms with Gasteiger partial charge in [0.2, 0.25) is 0 Å². The van der Waals surface area contributed by atoms with Crippen LogP contribution in [-0.4, -0.2) is 9.55 Å². The first-order valence-electron chi connectivity index (χ1n) is 9.31. The average molecular weight is 352 g/mol. The molecule has 0 amide bonds. The fourth-order valence-corrected chi connectivity index (χ4v) is 3.30. The molecule has 4 rings (SSSR count). The lowest BCUT2D eigenvalue weighted by atomic mass is 9.86. The van der Waals surface area contributed by atoms with Gasteiger partial charge in [-0.25, -0.2) is 4.98 Å². The number of benzene rings is 3. The highest BCUT2D eigenvalue weighted by Gasteiger charge is 2.14. The maximum Gasteiger partial charge on any atom is 0.0997 e. The Hall–Kier alpha value is -3.13. The Labute approximate surface area is 161 Å². The molecule has 1 heterocycles. The van der Waals surface area contributed by atoms with E-state index in [4.69, 9.17) is 0 Å². The zero-order chi connectivity index (χ0) is 18.9. The number of hydrogen-bond donors (Lipinski definition) is 0. The summed E-state index contributed by atoms with van der Waals surface area (Å²) in [6.45, 7) is 6.71. The molecular formula is C25H24N2. The summed E-state index contributed by atoms with van der Waals surface area (Å²) in [5, 5.41) is 0. The topological polar surface area (TPSA) is 17.8 Å². The Morgan fingerprint density at radius 3 is 1.89 bits per heavy atom. The molecule has 0 aliphatic carbocycles. The van der Waals surface area contributed by atoms with Gasteiger partial charge in [0.15, 0.2) is 0 Å². The quantitative estimate of drug-likeness (QED) is 0.411. The normalized spacial score (nSPS) is 11.5. The minimum absolute atomic E-state index is 0.159.